The van der Waals surface area contributed by atoms with Crippen LogP contribution in [0.5, 0.6) is 0 Å². The van der Waals surface area contributed by atoms with Gasteiger partial charge in [0.1, 0.15) is 0 Å². The second-order valence-corrected chi connectivity index (χ2v) is 4.99. The molecule has 1 heterocycles. The maximum absolute atomic E-state index is 12.1. The van der Waals surface area contributed by atoms with Gasteiger partial charge in [0.25, 0.3) is 5.91 Å². The van der Waals surface area contributed by atoms with Crippen LogP contribution >= 0.6 is 11.6 Å². The van der Waals surface area contributed by atoms with Crippen molar-refractivity contribution in [3.63, 3.8) is 0 Å². The van der Waals surface area contributed by atoms with E-state index in [4.69, 9.17) is 11.6 Å². The number of carbonyl (C=O) groups excluding carboxylic acids is 1. The highest BCUT2D eigenvalue weighted by atomic mass is 35.5. The number of amides is 1. The summed E-state index contributed by atoms with van der Waals surface area (Å²) in [7, 11) is 0. The first-order chi connectivity index (χ1) is 9.20. The van der Waals surface area contributed by atoms with Crippen LogP contribution in [0.1, 0.15) is 30.1 Å². The highest BCUT2D eigenvalue weighted by molar-refractivity contribution is 6.17. The average Bonchev–Trinajstić information content (AvgIpc) is 2.44. The van der Waals surface area contributed by atoms with Crippen molar-refractivity contribution in [2.45, 2.75) is 25.8 Å². The quantitative estimate of drug-likeness (QED) is 0.851. The van der Waals surface area contributed by atoms with E-state index in [0.29, 0.717) is 11.4 Å². The molecule has 0 saturated carbocycles. The minimum atomic E-state index is -0.0483. The molecule has 3 nitrogen and oxygen atoms in total. The molecule has 1 aromatic heterocycles. The van der Waals surface area contributed by atoms with E-state index in [1.807, 2.05) is 31.2 Å². The number of pyridine rings is 1. The van der Waals surface area contributed by atoms with Gasteiger partial charge in [-0.15, -0.1) is 11.6 Å². The first kappa shape index (κ1) is 13.8. The molecule has 1 unspecified atom stereocenters. The molecule has 1 amide bonds. The maximum atomic E-state index is 12.1. The number of benzene rings is 1. The van der Waals surface area contributed by atoms with Crippen molar-refractivity contribution in [1.29, 1.82) is 0 Å². The maximum Gasteiger partial charge on any atom is 0.251 e. The summed E-state index contributed by atoms with van der Waals surface area (Å²) in [5, 5.41) is 3.95. The Balaban J connectivity index is 2.08. The molecule has 0 bridgehead atoms. The van der Waals surface area contributed by atoms with Gasteiger partial charge in [-0.3, -0.25) is 9.78 Å². The first-order valence-electron chi connectivity index (χ1n) is 6.42. The molecule has 2 rings (SSSR count). The molecule has 100 valence electrons. The summed E-state index contributed by atoms with van der Waals surface area (Å²) in [4.78, 5) is 16.3. The van der Waals surface area contributed by atoms with Gasteiger partial charge in [0.05, 0.1) is 5.52 Å². The Morgan fingerprint density at radius 2 is 2.26 bits per heavy atom. The number of fused-ring (bicyclic) bond motifs is 1. The van der Waals surface area contributed by atoms with Crippen molar-refractivity contribution >= 4 is 28.4 Å². The van der Waals surface area contributed by atoms with Gasteiger partial charge in [-0.05, 0) is 44.0 Å². The predicted octanol–water partition coefficient (Wildman–Crippen LogP) is 3.37. The van der Waals surface area contributed by atoms with Gasteiger partial charge in [0, 0.05) is 29.1 Å². The standard InChI is InChI=1S/C15H17ClN2O/c1-11(4-2-8-16)18-15(19)13-6-7-14-12(10-13)5-3-9-17-14/h3,5-7,9-11H,2,4,8H2,1H3,(H,18,19). The van der Waals surface area contributed by atoms with Gasteiger partial charge in [-0.1, -0.05) is 6.07 Å². The Morgan fingerprint density at radius 3 is 3.05 bits per heavy atom. The lowest BCUT2D eigenvalue weighted by Gasteiger charge is -2.13. The third kappa shape index (κ3) is 3.67. The van der Waals surface area contributed by atoms with Crippen LogP contribution in [0.4, 0.5) is 0 Å². The van der Waals surface area contributed by atoms with Crippen LogP contribution in [0.25, 0.3) is 10.9 Å². The first-order valence-corrected chi connectivity index (χ1v) is 6.96. The van der Waals surface area contributed by atoms with E-state index >= 15 is 0 Å². The van der Waals surface area contributed by atoms with Gasteiger partial charge < -0.3 is 5.32 Å². The summed E-state index contributed by atoms with van der Waals surface area (Å²) in [6.45, 7) is 1.99. The van der Waals surface area contributed by atoms with Crippen LogP contribution in [0.15, 0.2) is 36.5 Å². The van der Waals surface area contributed by atoms with E-state index in [1.165, 1.54) is 0 Å². The van der Waals surface area contributed by atoms with Crippen LogP contribution in [0.3, 0.4) is 0 Å². The summed E-state index contributed by atoms with van der Waals surface area (Å²) < 4.78 is 0. The molecule has 1 atom stereocenters. The Morgan fingerprint density at radius 1 is 1.42 bits per heavy atom. The lowest BCUT2D eigenvalue weighted by atomic mass is 10.1. The SMILES string of the molecule is CC(CCCCl)NC(=O)c1ccc2ncccc2c1. The van der Waals surface area contributed by atoms with Crippen molar-refractivity contribution in [3.8, 4) is 0 Å². The zero-order valence-corrected chi connectivity index (χ0v) is 11.7. The summed E-state index contributed by atoms with van der Waals surface area (Å²) in [6.07, 6.45) is 3.55. The summed E-state index contributed by atoms with van der Waals surface area (Å²) in [5.74, 6) is 0.579. The molecule has 0 saturated heterocycles. The second-order valence-electron chi connectivity index (χ2n) is 4.62. The molecule has 0 fully saturated rings. The van der Waals surface area contributed by atoms with Crippen LogP contribution < -0.4 is 5.32 Å². The minimum Gasteiger partial charge on any atom is -0.350 e. The van der Waals surface area contributed by atoms with Crippen molar-refractivity contribution < 1.29 is 4.79 Å². The third-order valence-electron chi connectivity index (χ3n) is 3.01. The van der Waals surface area contributed by atoms with Crippen LogP contribution in [0, 0.1) is 0 Å². The largest absolute Gasteiger partial charge is 0.350 e. The van der Waals surface area contributed by atoms with Crippen LogP contribution in [0.2, 0.25) is 0 Å². The molecule has 0 spiro atoms. The summed E-state index contributed by atoms with van der Waals surface area (Å²) in [5.41, 5.74) is 1.56. The molecule has 1 aromatic carbocycles. The Labute approximate surface area is 118 Å². The molecule has 0 aliphatic heterocycles. The molecule has 0 aliphatic carbocycles. The zero-order chi connectivity index (χ0) is 13.7. The number of carbonyl (C=O) groups is 1. The van der Waals surface area contributed by atoms with Gasteiger partial charge in [0.2, 0.25) is 0 Å². The summed E-state index contributed by atoms with van der Waals surface area (Å²) >= 11 is 5.64. The van der Waals surface area contributed by atoms with Crippen molar-refractivity contribution in [3.05, 3.63) is 42.1 Å². The van der Waals surface area contributed by atoms with Crippen molar-refractivity contribution in [2.24, 2.45) is 0 Å². The van der Waals surface area contributed by atoms with E-state index < -0.39 is 0 Å². The Bertz CT molecular complexity index is 571. The summed E-state index contributed by atoms with van der Waals surface area (Å²) in [6, 6.07) is 9.50. The van der Waals surface area contributed by atoms with E-state index in [2.05, 4.69) is 10.3 Å². The predicted molar refractivity (Wildman–Crippen MR) is 78.6 cm³/mol. The number of nitrogens with one attached hydrogen (secondary N) is 1. The smallest absolute Gasteiger partial charge is 0.251 e. The number of alkyl halides is 1. The lowest BCUT2D eigenvalue weighted by molar-refractivity contribution is 0.0938. The van der Waals surface area contributed by atoms with Gasteiger partial charge in [-0.25, -0.2) is 0 Å². The number of aromatic nitrogens is 1. The topological polar surface area (TPSA) is 42.0 Å². The van der Waals surface area contributed by atoms with E-state index in [9.17, 15) is 4.79 Å². The van der Waals surface area contributed by atoms with Crippen molar-refractivity contribution in [2.75, 3.05) is 5.88 Å². The average molecular weight is 277 g/mol. The Kier molecular flexibility index (Phi) is 4.74. The normalized spacial score (nSPS) is 12.3. The molecule has 19 heavy (non-hydrogen) atoms. The van der Waals surface area contributed by atoms with Crippen molar-refractivity contribution in [1.82, 2.24) is 10.3 Å². The second kappa shape index (κ2) is 6.53. The fourth-order valence-corrected chi connectivity index (χ4v) is 2.13. The fraction of sp³-hybridized carbons (Fsp3) is 0.333. The minimum absolute atomic E-state index is 0.0483. The van der Waals surface area contributed by atoms with E-state index in [1.54, 1.807) is 12.3 Å². The third-order valence-corrected chi connectivity index (χ3v) is 3.28. The van der Waals surface area contributed by atoms with E-state index in [-0.39, 0.29) is 11.9 Å². The molecule has 0 aliphatic rings. The number of nitrogens with zero attached hydrogens (tertiary/aromatic N) is 1. The highest BCUT2D eigenvalue weighted by Gasteiger charge is 2.10. The zero-order valence-electron chi connectivity index (χ0n) is 10.9. The van der Waals surface area contributed by atoms with Crippen LogP contribution in [-0.2, 0) is 0 Å². The van der Waals surface area contributed by atoms with Gasteiger partial charge in [0.15, 0.2) is 0 Å². The lowest BCUT2D eigenvalue weighted by Crippen LogP contribution is -2.32. The van der Waals surface area contributed by atoms with E-state index in [0.717, 1.165) is 23.7 Å². The molecular formula is C15H17ClN2O. The molecular weight excluding hydrogens is 260 g/mol. The highest BCUT2D eigenvalue weighted by Crippen LogP contribution is 2.13. The van der Waals surface area contributed by atoms with Gasteiger partial charge >= 0.3 is 0 Å². The number of hydrogen-bond donors (Lipinski definition) is 1. The number of hydrogen-bond acceptors (Lipinski definition) is 2. The Hall–Kier alpha value is -1.61. The van der Waals surface area contributed by atoms with Gasteiger partial charge in [-0.2, -0.15) is 0 Å². The fourth-order valence-electron chi connectivity index (χ4n) is 1.98. The van der Waals surface area contributed by atoms with Crippen LogP contribution in [-0.4, -0.2) is 22.8 Å². The monoisotopic (exact) mass is 276 g/mol. The molecule has 4 heteroatoms. The molecule has 1 N–H and O–H groups in total. The molecule has 0 radical (unpaired) electrons. The number of rotatable bonds is 5. The molecule has 2 aromatic rings. The number of halogens is 1.